The number of rotatable bonds is 6. The zero-order valence-electron chi connectivity index (χ0n) is 18.7. The number of hydrogen-bond acceptors (Lipinski definition) is 4. The van der Waals surface area contributed by atoms with Gasteiger partial charge in [0.2, 0.25) is 5.91 Å². The first-order chi connectivity index (χ1) is 15.4. The van der Waals surface area contributed by atoms with E-state index >= 15 is 0 Å². The monoisotopic (exact) mass is 454 g/mol. The number of carbonyl (C=O) groups is 1. The Bertz CT molecular complexity index is 1190. The summed E-state index contributed by atoms with van der Waals surface area (Å²) in [5.74, 6) is 0.00159. The first-order valence-corrected chi connectivity index (χ1v) is 13.0. The number of anilines is 1. The van der Waals surface area contributed by atoms with Gasteiger partial charge in [-0.05, 0) is 70.4 Å². The van der Waals surface area contributed by atoms with Crippen LogP contribution in [-0.2, 0) is 27.8 Å². The Morgan fingerprint density at radius 3 is 2.66 bits per heavy atom. The van der Waals surface area contributed by atoms with E-state index in [0.29, 0.717) is 24.4 Å². The number of allylic oxidation sites excluding steroid dienone is 2. The largest absolute Gasteiger partial charge is 0.312 e. The van der Waals surface area contributed by atoms with Gasteiger partial charge in [-0.2, -0.15) is 5.10 Å². The Hall–Kier alpha value is -2.61. The fourth-order valence-electron chi connectivity index (χ4n) is 5.05. The Morgan fingerprint density at radius 1 is 1.16 bits per heavy atom. The number of para-hydroxylation sites is 1. The van der Waals surface area contributed by atoms with Gasteiger partial charge >= 0.3 is 0 Å². The number of carbonyl (C=O) groups excluding carboxylic acids is 1. The maximum absolute atomic E-state index is 13.6. The standard InChI is InChI=1S/C24H30N4O3S/c1-17-24(32(30,31)27-15-14-19-8-6-7-11-22(19)27)18(2)26(25-17)16-23(29)28(21-12-13-21)20-9-4-3-5-10-20/h6-9,11,21H,3-5,10,12-16H2,1-2H3. The second-order valence-electron chi connectivity index (χ2n) is 9.05. The zero-order valence-corrected chi connectivity index (χ0v) is 19.6. The van der Waals surface area contributed by atoms with Crippen LogP contribution in [0.25, 0.3) is 0 Å². The van der Waals surface area contributed by atoms with E-state index in [2.05, 4.69) is 11.2 Å². The summed E-state index contributed by atoms with van der Waals surface area (Å²) >= 11 is 0. The van der Waals surface area contributed by atoms with Crippen LogP contribution in [0.15, 0.2) is 40.9 Å². The maximum atomic E-state index is 13.6. The van der Waals surface area contributed by atoms with E-state index in [4.69, 9.17) is 0 Å². The fraction of sp³-hybridized carbons (Fsp3) is 0.500. The average molecular weight is 455 g/mol. The predicted octanol–water partition coefficient (Wildman–Crippen LogP) is 3.70. The van der Waals surface area contributed by atoms with Crippen LogP contribution in [0.2, 0.25) is 0 Å². The highest BCUT2D eigenvalue weighted by molar-refractivity contribution is 7.93. The molecule has 2 aromatic rings. The normalized spacial score (nSPS) is 18.4. The topological polar surface area (TPSA) is 75.5 Å². The molecule has 0 saturated heterocycles. The maximum Gasteiger partial charge on any atom is 0.268 e. The second kappa shape index (κ2) is 8.06. The summed E-state index contributed by atoms with van der Waals surface area (Å²) in [6.07, 6.45) is 9.21. The van der Waals surface area contributed by atoms with Gasteiger partial charge in [0.05, 0.1) is 17.1 Å². The first-order valence-electron chi connectivity index (χ1n) is 11.5. The van der Waals surface area contributed by atoms with Gasteiger partial charge in [-0.1, -0.05) is 24.3 Å². The number of amides is 1. The van der Waals surface area contributed by atoms with Crippen LogP contribution >= 0.6 is 0 Å². The minimum atomic E-state index is -3.76. The van der Waals surface area contributed by atoms with Crippen LogP contribution < -0.4 is 4.31 Å². The third kappa shape index (κ3) is 3.64. The van der Waals surface area contributed by atoms with Crippen LogP contribution in [0, 0.1) is 13.8 Å². The van der Waals surface area contributed by atoms with Crippen molar-refractivity contribution in [2.45, 2.75) is 76.3 Å². The number of sulfonamides is 1. The Morgan fingerprint density at radius 2 is 1.94 bits per heavy atom. The highest BCUT2D eigenvalue weighted by Gasteiger charge is 2.37. The lowest BCUT2D eigenvalue weighted by Gasteiger charge is -2.28. The first kappa shape index (κ1) is 21.2. The summed E-state index contributed by atoms with van der Waals surface area (Å²) in [5.41, 5.74) is 3.86. The SMILES string of the molecule is Cc1nn(CC(=O)N(C2=CCCCC2)C2CC2)c(C)c1S(=O)(=O)N1CCc2ccccc21. The van der Waals surface area contributed by atoms with E-state index in [0.717, 1.165) is 49.1 Å². The molecule has 2 heterocycles. The van der Waals surface area contributed by atoms with E-state index in [1.165, 1.54) is 10.7 Å². The zero-order chi connectivity index (χ0) is 22.5. The molecule has 32 heavy (non-hydrogen) atoms. The number of aromatic nitrogens is 2. The molecule has 0 unspecified atom stereocenters. The van der Waals surface area contributed by atoms with Gasteiger partial charge in [0.1, 0.15) is 11.4 Å². The number of aryl methyl sites for hydroxylation is 1. The predicted molar refractivity (Wildman–Crippen MR) is 123 cm³/mol. The summed E-state index contributed by atoms with van der Waals surface area (Å²) in [6.45, 7) is 3.95. The molecular formula is C24H30N4O3S. The van der Waals surface area contributed by atoms with Gasteiger partial charge in [0, 0.05) is 18.3 Å². The van der Waals surface area contributed by atoms with Crippen LogP contribution in [-0.4, -0.2) is 41.6 Å². The minimum absolute atomic E-state index is 0.00159. The molecule has 1 aromatic carbocycles. The van der Waals surface area contributed by atoms with Gasteiger partial charge in [-0.15, -0.1) is 0 Å². The quantitative estimate of drug-likeness (QED) is 0.667. The van der Waals surface area contributed by atoms with E-state index in [1.807, 2.05) is 29.2 Å². The van der Waals surface area contributed by atoms with Crippen molar-refractivity contribution in [3.05, 3.63) is 53.0 Å². The van der Waals surface area contributed by atoms with E-state index in [1.54, 1.807) is 18.5 Å². The Labute approximate surface area is 189 Å². The molecule has 1 amide bonds. The molecule has 1 fully saturated rings. The Kier molecular flexibility index (Phi) is 5.35. The molecule has 0 radical (unpaired) electrons. The van der Waals surface area contributed by atoms with Crippen molar-refractivity contribution in [3.8, 4) is 0 Å². The Balaban J connectivity index is 1.43. The molecule has 7 nitrogen and oxygen atoms in total. The van der Waals surface area contributed by atoms with Gasteiger partial charge in [0.25, 0.3) is 10.0 Å². The number of benzene rings is 1. The lowest BCUT2D eigenvalue weighted by atomic mass is 10.0. The lowest BCUT2D eigenvalue weighted by molar-refractivity contribution is -0.130. The van der Waals surface area contributed by atoms with Crippen molar-refractivity contribution in [1.82, 2.24) is 14.7 Å². The molecule has 1 saturated carbocycles. The van der Waals surface area contributed by atoms with Crippen molar-refractivity contribution < 1.29 is 13.2 Å². The number of fused-ring (bicyclic) bond motifs is 1. The van der Waals surface area contributed by atoms with Crippen LogP contribution in [0.4, 0.5) is 5.69 Å². The molecule has 0 spiro atoms. The summed E-state index contributed by atoms with van der Waals surface area (Å²) < 4.78 is 30.3. The molecule has 5 rings (SSSR count). The van der Waals surface area contributed by atoms with Crippen molar-refractivity contribution in [1.29, 1.82) is 0 Å². The summed E-state index contributed by atoms with van der Waals surface area (Å²) in [4.78, 5) is 15.5. The van der Waals surface area contributed by atoms with E-state index < -0.39 is 10.0 Å². The van der Waals surface area contributed by atoms with Crippen molar-refractivity contribution in [2.75, 3.05) is 10.8 Å². The molecule has 1 aliphatic heterocycles. The molecule has 3 aliphatic rings. The molecule has 170 valence electrons. The molecular weight excluding hydrogens is 424 g/mol. The number of nitrogens with zero attached hydrogens (tertiary/aromatic N) is 4. The summed E-state index contributed by atoms with van der Waals surface area (Å²) in [7, 11) is -3.76. The van der Waals surface area contributed by atoms with Crippen LogP contribution in [0.3, 0.4) is 0 Å². The molecule has 1 aromatic heterocycles. The highest BCUT2D eigenvalue weighted by Crippen LogP contribution is 2.36. The van der Waals surface area contributed by atoms with Gasteiger partial charge in [0.15, 0.2) is 0 Å². The van der Waals surface area contributed by atoms with Crippen LogP contribution in [0.1, 0.15) is 55.5 Å². The molecule has 0 bridgehead atoms. The van der Waals surface area contributed by atoms with Crippen LogP contribution in [0.5, 0.6) is 0 Å². The fourth-order valence-corrected chi connectivity index (χ4v) is 6.93. The summed E-state index contributed by atoms with van der Waals surface area (Å²) in [6, 6.07) is 7.90. The van der Waals surface area contributed by atoms with Crippen molar-refractivity contribution >= 4 is 21.6 Å². The lowest BCUT2D eigenvalue weighted by Crippen LogP contribution is -2.36. The molecule has 8 heteroatoms. The summed E-state index contributed by atoms with van der Waals surface area (Å²) in [5, 5.41) is 4.49. The van der Waals surface area contributed by atoms with E-state index in [9.17, 15) is 13.2 Å². The smallest absolute Gasteiger partial charge is 0.268 e. The minimum Gasteiger partial charge on any atom is -0.312 e. The van der Waals surface area contributed by atoms with Crippen molar-refractivity contribution in [3.63, 3.8) is 0 Å². The average Bonchev–Trinajstić information content (AvgIpc) is 3.42. The third-order valence-electron chi connectivity index (χ3n) is 6.75. The molecule has 0 N–H and O–H groups in total. The van der Waals surface area contributed by atoms with Gasteiger partial charge < -0.3 is 4.90 Å². The van der Waals surface area contributed by atoms with E-state index in [-0.39, 0.29) is 23.4 Å². The molecule has 0 atom stereocenters. The third-order valence-corrected chi connectivity index (χ3v) is 8.82. The second-order valence-corrected chi connectivity index (χ2v) is 10.8. The van der Waals surface area contributed by atoms with Crippen molar-refractivity contribution in [2.24, 2.45) is 0 Å². The van der Waals surface area contributed by atoms with Gasteiger partial charge in [-0.25, -0.2) is 8.42 Å². The number of hydrogen-bond donors (Lipinski definition) is 0. The van der Waals surface area contributed by atoms with Gasteiger partial charge in [-0.3, -0.25) is 13.8 Å². The molecule has 2 aliphatic carbocycles. The highest BCUT2D eigenvalue weighted by atomic mass is 32.2.